The quantitative estimate of drug-likeness (QED) is 0.863. The molecule has 140 valence electrons. The van der Waals surface area contributed by atoms with Gasteiger partial charge in [-0.2, -0.15) is 0 Å². The van der Waals surface area contributed by atoms with Crippen LogP contribution >= 0.6 is 0 Å². The molecule has 1 fully saturated rings. The molecule has 8 heteroatoms. The van der Waals surface area contributed by atoms with Crippen LogP contribution in [0.2, 0.25) is 0 Å². The molecule has 0 bridgehead atoms. The summed E-state index contributed by atoms with van der Waals surface area (Å²) in [6.45, 7) is 7.70. The van der Waals surface area contributed by atoms with Gasteiger partial charge in [-0.25, -0.2) is 0 Å². The van der Waals surface area contributed by atoms with Crippen LogP contribution in [0.1, 0.15) is 27.2 Å². The van der Waals surface area contributed by atoms with E-state index in [1.54, 1.807) is 7.11 Å². The van der Waals surface area contributed by atoms with Gasteiger partial charge in [0, 0.05) is 17.6 Å². The van der Waals surface area contributed by atoms with E-state index in [0.29, 0.717) is 29.3 Å². The van der Waals surface area contributed by atoms with E-state index >= 15 is 0 Å². The van der Waals surface area contributed by atoms with Gasteiger partial charge in [0.1, 0.15) is 5.69 Å². The second-order valence-electron chi connectivity index (χ2n) is 7.88. The van der Waals surface area contributed by atoms with Gasteiger partial charge in [0.15, 0.2) is 11.5 Å². The lowest BCUT2D eigenvalue weighted by Gasteiger charge is -2.26. The van der Waals surface area contributed by atoms with E-state index in [0.717, 1.165) is 24.2 Å². The minimum atomic E-state index is 0.205. The van der Waals surface area contributed by atoms with Crippen molar-refractivity contribution in [3.8, 4) is 28.5 Å². The number of aromatic nitrogens is 3. The molecule has 2 atom stereocenters. The smallest absolute Gasteiger partial charge is 0.231 e. The Hall–Kier alpha value is -2.32. The van der Waals surface area contributed by atoms with Crippen LogP contribution in [0.3, 0.4) is 0 Å². The molecule has 2 unspecified atom stereocenters. The van der Waals surface area contributed by atoms with Gasteiger partial charge in [-0.05, 0) is 24.0 Å². The molecule has 8 nitrogen and oxygen atoms in total. The summed E-state index contributed by atoms with van der Waals surface area (Å²) in [4.78, 5) is 0. The summed E-state index contributed by atoms with van der Waals surface area (Å²) in [5.74, 6) is 1.95. The topological polar surface area (TPSA) is 82.5 Å². The van der Waals surface area contributed by atoms with E-state index in [1.807, 2.05) is 23.0 Å². The number of methoxy groups -OCH3 is 1. The Morgan fingerprint density at radius 2 is 2.12 bits per heavy atom. The second kappa shape index (κ2) is 6.44. The van der Waals surface area contributed by atoms with Crippen molar-refractivity contribution in [1.29, 1.82) is 0 Å². The van der Waals surface area contributed by atoms with Crippen LogP contribution in [0.4, 0.5) is 0 Å². The molecule has 4 rings (SSSR count). The fourth-order valence-electron chi connectivity index (χ4n) is 3.33. The van der Waals surface area contributed by atoms with Crippen molar-refractivity contribution in [2.24, 2.45) is 5.41 Å². The summed E-state index contributed by atoms with van der Waals surface area (Å²) in [7, 11) is 1.61. The SMILES string of the molecule is COc1cc(-c2cn(CC3CC(C(C)(C)C)NN3)nn2)cc2c1OCO2. The highest BCUT2D eigenvalue weighted by atomic mass is 16.7. The molecule has 2 aliphatic rings. The lowest BCUT2D eigenvalue weighted by atomic mass is 9.85. The molecule has 26 heavy (non-hydrogen) atoms. The standard InChI is InChI=1S/C18H25N5O3/c1-18(2,3)16-7-12(19-21-16)8-23-9-13(20-22-23)11-5-14(24-4)17-15(6-11)25-10-26-17/h5-6,9,12,16,19,21H,7-8,10H2,1-4H3. The first-order valence-electron chi connectivity index (χ1n) is 8.83. The molecular formula is C18H25N5O3. The molecule has 1 aromatic heterocycles. The highest BCUT2D eigenvalue weighted by Crippen LogP contribution is 2.43. The molecule has 0 saturated carbocycles. The fourth-order valence-corrected chi connectivity index (χ4v) is 3.33. The minimum Gasteiger partial charge on any atom is -0.493 e. The van der Waals surface area contributed by atoms with Crippen molar-refractivity contribution >= 4 is 0 Å². The Morgan fingerprint density at radius 1 is 1.27 bits per heavy atom. The van der Waals surface area contributed by atoms with Crippen LogP contribution < -0.4 is 25.1 Å². The maximum atomic E-state index is 5.49. The number of fused-ring (bicyclic) bond motifs is 1. The lowest BCUT2D eigenvalue weighted by Crippen LogP contribution is -2.40. The molecule has 2 aliphatic heterocycles. The van der Waals surface area contributed by atoms with Gasteiger partial charge in [0.25, 0.3) is 0 Å². The van der Waals surface area contributed by atoms with Gasteiger partial charge in [-0.1, -0.05) is 26.0 Å². The van der Waals surface area contributed by atoms with Gasteiger partial charge in [0.05, 0.1) is 19.9 Å². The van der Waals surface area contributed by atoms with Crippen LogP contribution in [0.25, 0.3) is 11.3 Å². The van der Waals surface area contributed by atoms with Crippen LogP contribution in [0.5, 0.6) is 17.2 Å². The van der Waals surface area contributed by atoms with Crippen molar-refractivity contribution in [2.75, 3.05) is 13.9 Å². The minimum absolute atomic E-state index is 0.205. The first-order valence-corrected chi connectivity index (χ1v) is 8.83. The molecule has 0 spiro atoms. The molecule has 3 heterocycles. The number of hydrogen-bond acceptors (Lipinski definition) is 7. The predicted molar refractivity (Wildman–Crippen MR) is 96.1 cm³/mol. The number of benzene rings is 1. The molecule has 2 N–H and O–H groups in total. The van der Waals surface area contributed by atoms with Gasteiger partial charge in [-0.15, -0.1) is 5.10 Å². The van der Waals surface area contributed by atoms with Gasteiger partial charge in [-0.3, -0.25) is 15.5 Å². The van der Waals surface area contributed by atoms with Crippen LogP contribution in [-0.2, 0) is 6.54 Å². The van der Waals surface area contributed by atoms with Crippen LogP contribution in [0, 0.1) is 5.41 Å². The Labute approximate surface area is 152 Å². The Morgan fingerprint density at radius 3 is 2.85 bits per heavy atom. The van der Waals surface area contributed by atoms with Crippen molar-refractivity contribution < 1.29 is 14.2 Å². The summed E-state index contributed by atoms with van der Waals surface area (Å²) in [5, 5.41) is 8.59. The monoisotopic (exact) mass is 359 g/mol. The molecule has 2 aromatic rings. The number of ether oxygens (including phenoxy) is 3. The van der Waals surface area contributed by atoms with Crippen molar-refractivity contribution in [3.05, 3.63) is 18.3 Å². The van der Waals surface area contributed by atoms with E-state index < -0.39 is 0 Å². The van der Waals surface area contributed by atoms with Gasteiger partial charge >= 0.3 is 0 Å². The summed E-state index contributed by atoms with van der Waals surface area (Å²) in [5.41, 5.74) is 8.65. The highest BCUT2D eigenvalue weighted by Gasteiger charge is 2.32. The zero-order chi connectivity index (χ0) is 18.3. The zero-order valence-corrected chi connectivity index (χ0v) is 15.6. The van der Waals surface area contributed by atoms with Crippen molar-refractivity contribution in [3.63, 3.8) is 0 Å². The number of nitrogens with zero attached hydrogens (tertiary/aromatic N) is 3. The maximum absolute atomic E-state index is 5.49. The van der Waals surface area contributed by atoms with Gasteiger partial charge in [0.2, 0.25) is 12.5 Å². The Bertz CT molecular complexity index is 799. The largest absolute Gasteiger partial charge is 0.493 e. The van der Waals surface area contributed by atoms with Crippen LogP contribution in [-0.4, -0.2) is 41.0 Å². The average Bonchev–Trinajstić information content (AvgIpc) is 3.33. The average molecular weight is 359 g/mol. The zero-order valence-electron chi connectivity index (χ0n) is 15.6. The number of rotatable bonds is 4. The van der Waals surface area contributed by atoms with Crippen molar-refractivity contribution in [2.45, 2.75) is 45.8 Å². The Balaban J connectivity index is 1.49. The van der Waals surface area contributed by atoms with E-state index in [1.165, 1.54) is 0 Å². The summed E-state index contributed by atoms with van der Waals surface area (Å²) in [6.07, 6.45) is 3.00. The second-order valence-corrected chi connectivity index (χ2v) is 7.88. The number of hydrazine groups is 1. The molecule has 0 radical (unpaired) electrons. The van der Waals surface area contributed by atoms with E-state index in [2.05, 4.69) is 41.9 Å². The summed E-state index contributed by atoms with van der Waals surface area (Å²) < 4.78 is 18.2. The van der Waals surface area contributed by atoms with Crippen molar-refractivity contribution in [1.82, 2.24) is 25.8 Å². The fraction of sp³-hybridized carbons (Fsp3) is 0.556. The van der Waals surface area contributed by atoms with E-state index in [4.69, 9.17) is 14.2 Å². The van der Waals surface area contributed by atoms with E-state index in [-0.39, 0.29) is 12.2 Å². The molecular weight excluding hydrogens is 334 g/mol. The Kier molecular flexibility index (Phi) is 4.24. The third-order valence-corrected chi connectivity index (χ3v) is 4.93. The molecule has 0 aliphatic carbocycles. The van der Waals surface area contributed by atoms with Crippen LogP contribution in [0.15, 0.2) is 18.3 Å². The lowest BCUT2D eigenvalue weighted by molar-refractivity contribution is 0.171. The van der Waals surface area contributed by atoms with Gasteiger partial charge < -0.3 is 14.2 Å². The normalized spacial score (nSPS) is 22.0. The van der Waals surface area contributed by atoms with E-state index in [9.17, 15) is 0 Å². The first-order chi connectivity index (χ1) is 12.4. The summed E-state index contributed by atoms with van der Waals surface area (Å²) >= 11 is 0. The number of nitrogens with one attached hydrogen (secondary N) is 2. The summed E-state index contributed by atoms with van der Waals surface area (Å²) in [6, 6.07) is 4.56. The highest BCUT2D eigenvalue weighted by molar-refractivity contribution is 5.68. The third-order valence-electron chi connectivity index (χ3n) is 4.93. The molecule has 1 aromatic carbocycles. The first kappa shape index (κ1) is 17.1. The maximum Gasteiger partial charge on any atom is 0.231 e. The molecule has 0 amide bonds. The third kappa shape index (κ3) is 3.22. The predicted octanol–water partition coefficient (Wildman–Crippen LogP) is 1.96. The number of hydrogen-bond donors (Lipinski definition) is 2. The molecule has 1 saturated heterocycles.